The predicted octanol–water partition coefficient (Wildman–Crippen LogP) is 3.17. The molecule has 0 radical (unpaired) electrons. The Morgan fingerprint density at radius 2 is 2.09 bits per heavy atom. The summed E-state index contributed by atoms with van der Waals surface area (Å²) < 4.78 is 32.5. The number of thioether (sulfide) groups is 1. The molecule has 7 heteroatoms. The van der Waals surface area contributed by atoms with Crippen molar-refractivity contribution < 1.29 is 23.4 Å². The van der Waals surface area contributed by atoms with Crippen LogP contribution in [-0.4, -0.2) is 29.2 Å². The van der Waals surface area contributed by atoms with Crippen LogP contribution in [0.5, 0.6) is 0 Å². The highest BCUT2D eigenvalue weighted by Gasteiger charge is 2.56. The van der Waals surface area contributed by atoms with Crippen molar-refractivity contribution in [3.8, 4) is 0 Å². The van der Waals surface area contributed by atoms with Crippen molar-refractivity contribution in [3.63, 3.8) is 0 Å². The highest BCUT2D eigenvalue weighted by atomic mass is 32.2. The Balaban J connectivity index is 2.66. The third kappa shape index (κ3) is 3.30. The third-order valence-electron chi connectivity index (χ3n) is 4.14. The third-order valence-corrected chi connectivity index (χ3v) is 6.25. The number of halogens is 2. The van der Waals surface area contributed by atoms with E-state index in [1.165, 1.54) is 11.8 Å². The second-order valence-electron chi connectivity index (χ2n) is 6.74. The van der Waals surface area contributed by atoms with Crippen LogP contribution >= 0.6 is 11.8 Å². The lowest BCUT2D eigenvalue weighted by atomic mass is 9.70. The SMILES string of the molecule is CC(C)(C)[C@]1(c2cc(F)ccc2F)SCC(O)C[C@@H]1OC(N)=O. The number of primary amides is 1. The Bertz CT molecular complexity index is 605. The zero-order chi connectivity index (χ0) is 17.4. The number of rotatable bonds is 2. The van der Waals surface area contributed by atoms with Crippen LogP contribution in [0.4, 0.5) is 13.6 Å². The van der Waals surface area contributed by atoms with E-state index in [0.717, 1.165) is 18.2 Å². The van der Waals surface area contributed by atoms with Gasteiger partial charge in [0.1, 0.15) is 17.7 Å². The molecule has 0 aliphatic carbocycles. The molecule has 1 aromatic rings. The molecule has 23 heavy (non-hydrogen) atoms. The zero-order valence-electron chi connectivity index (χ0n) is 13.3. The molecule has 1 saturated heterocycles. The van der Waals surface area contributed by atoms with Gasteiger partial charge in [-0.2, -0.15) is 0 Å². The number of amides is 1. The lowest BCUT2D eigenvalue weighted by molar-refractivity contribution is 0.00410. The highest BCUT2D eigenvalue weighted by molar-refractivity contribution is 8.00. The number of carbonyl (C=O) groups excluding carboxylic acids is 1. The summed E-state index contributed by atoms with van der Waals surface area (Å²) in [6.07, 6.45) is -2.47. The van der Waals surface area contributed by atoms with Crippen molar-refractivity contribution in [3.05, 3.63) is 35.4 Å². The largest absolute Gasteiger partial charge is 0.444 e. The molecule has 2 rings (SSSR count). The molecule has 1 heterocycles. The summed E-state index contributed by atoms with van der Waals surface area (Å²) in [5.74, 6) is -0.830. The standard InChI is InChI=1S/C16H21F2NO3S/c1-15(2,3)16(11-6-9(17)4-5-12(11)18)13(22-14(19)21)7-10(20)8-23-16/h4-6,10,13,20H,7-8H2,1-3H3,(H2,19,21)/t10?,13-,16+/m0/s1. The molecular formula is C16H21F2NO3S. The molecule has 1 aliphatic rings. The molecule has 1 unspecified atom stereocenters. The maximum absolute atomic E-state index is 14.5. The maximum atomic E-state index is 14.5. The van der Waals surface area contributed by atoms with E-state index < -0.39 is 40.1 Å². The van der Waals surface area contributed by atoms with Crippen LogP contribution in [0.1, 0.15) is 32.8 Å². The summed E-state index contributed by atoms with van der Waals surface area (Å²) in [7, 11) is 0. The van der Waals surface area contributed by atoms with Crippen molar-refractivity contribution in [1.29, 1.82) is 0 Å². The fourth-order valence-electron chi connectivity index (χ4n) is 3.21. The predicted molar refractivity (Wildman–Crippen MR) is 85.0 cm³/mol. The van der Waals surface area contributed by atoms with E-state index in [9.17, 15) is 18.7 Å². The number of carbonyl (C=O) groups is 1. The second-order valence-corrected chi connectivity index (χ2v) is 8.00. The number of hydrogen-bond donors (Lipinski definition) is 2. The molecular weight excluding hydrogens is 324 g/mol. The van der Waals surface area contributed by atoms with Crippen molar-refractivity contribution >= 4 is 17.9 Å². The van der Waals surface area contributed by atoms with Gasteiger partial charge >= 0.3 is 6.09 Å². The van der Waals surface area contributed by atoms with E-state index in [1.807, 2.05) is 20.8 Å². The number of nitrogens with two attached hydrogens (primary N) is 1. The normalized spacial score (nSPS) is 28.4. The number of hydrogen-bond acceptors (Lipinski definition) is 4. The molecule has 4 nitrogen and oxygen atoms in total. The Labute approximate surface area is 138 Å². The Hall–Kier alpha value is -1.34. The highest BCUT2D eigenvalue weighted by Crippen LogP contribution is 2.57. The van der Waals surface area contributed by atoms with Crippen molar-refractivity contribution in [1.82, 2.24) is 0 Å². The lowest BCUT2D eigenvalue weighted by Gasteiger charge is -2.52. The van der Waals surface area contributed by atoms with Gasteiger partial charge in [-0.25, -0.2) is 13.6 Å². The van der Waals surface area contributed by atoms with Gasteiger partial charge in [0.05, 0.1) is 10.9 Å². The summed E-state index contributed by atoms with van der Waals surface area (Å²) in [5, 5.41) is 9.94. The van der Waals surface area contributed by atoms with E-state index in [0.29, 0.717) is 5.75 Å². The Morgan fingerprint density at radius 1 is 1.43 bits per heavy atom. The van der Waals surface area contributed by atoms with Gasteiger partial charge in [-0.1, -0.05) is 20.8 Å². The fourth-order valence-corrected chi connectivity index (χ4v) is 4.88. The van der Waals surface area contributed by atoms with Gasteiger partial charge < -0.3 is 15.6 Å². The van der Waals surface area contributed by atoms with Crippen LogP contribution in [0.25, 0.3) is 0 Å². The monoisotopic (exact) mass is 345 g/mol. The molecule has 0 spiro atoms. The number of ether oxygens (including phenoxy) is 1. The first-order chi connectivity index (χ1) is 10.6. The van der Waals surface area contributed by atoms with Gasteiger partial charge in [0.2, 0.25) is 0 Å². The minimum Gasteiger partial charge on any atom is -0.444 e. The minimum absolute atomic E-state index is 0.114. The van der Waals surface area contributed by atoms with Gasteiger partial charge in [-0.15, -0.1) is 11.8 Å². The van der Waals surface area contributed by atoms with Gasteiger partial charge in [0.15, 0.2) is 0 Å². The van der Waals surface area contributed by atoms with Crippen molar-refractivity contribution in [2.45, 2.75) is 44.1 Å². The second kappa shape index (κ2) is 6.28. The minimum atomic E-state index is -1.06. The number of aliphatic hydroxyl groups is 1. The molecule has 0 bridgehead atoms. The van der Waals surface area contributed by atoms with Crippen LogP contribution < -0.4 is 5.73 Å². The summed E-state index contributed by atoms with van der Waals surface area (Å²) >= 11 is 1.26. The van der Waals surface area contributed by atoms with Gasteiger partial charge in [-0.3, -0.25) is 0 Å². The van der Waals surface area contributed by atoms with E-state index in [2.05, 4.69) is 0 Å². The van der Waals surface area contributed by atoms with E-state index >= 15 is 0 Å². The summed E-state index contributed by atoms with van der Waals surface area (Å²) in [6, 6.07) is 3.23. The average Bonchev–Trinajstić information content (AvgIpc) is 2.40. The molecule has 1 amide bonds. The van der Waals surface area contributed by atoms with Crippen LogP contribution in [0.3, 0.4) is 0 Å². The summed E-state index contributed by atoms with van der Waals surface area (Å²) in [5.41, 5.74) is 4.69. The number of benzene rings is 1. The first kappa shape index (κ1) is 18.0. The first-order valence-corrected chi connectivity index (χ1v) is 8.30. The molecule has 0 aromatic heterocycles. The quantitative estimate of drug-likeness (QED) is 0.863. The fraction of sp³-hybridized carbons (Fsp3) is 0.562. The number of aliphatic hydroxyl groups excluding tert-OH is 1. The maximum Gasteiger partial charge on any atom is 0.404 e. The molecule has 1 aromatic carbocycles. The van der Waals surface area contributed by atoms with Gasteiger partial charge in [-0.05, 0) is 23.6 Å². The molecule has 0 saturated carbocycles. The van der Waals surface area contributed by atoms with Crippen molar-refractivity contribution in [2.75, 3.05) is 5.75 Å². The van der Waals surface area contributed by atoms with Crippen LogP contribution in [-0.2, 0) is 9.48 Å². The van der Waals surface area contributed by atoms with Gasteiger partial charge in [0, 0.05) is 17.7 Å². The van der Waals surface area contributed by atoms with Crippen molar-refractivity contribution in [2.24, 2.45) is 11.1 Å². The topological polar surface area (TPSA) is 72.6 Å². The summed E-state index contributed by atoms with van der Waals surface area (Å²) in [6.45, 7) is 5.58. The molecule has 1 aliphatic heterocycles. The molecule has 128 valence electrons. The molecule has 3 atom stereocenters. The smallest absolute Gasteiger partial charge is 0.404 e. The van der Waals surface area contributed by atoms with Crippen LogP contribution in [0, 0.1) is 17.0 Å². The molecule has 1 fully saturated rings. The average molecular weight is 345 g/mol. The molecule has 3 N–H and O–H groups in total. The Morgan fingerprint density at radius 3 is 2.65 bits per heavy atom. The van der Waals surface area contributed by atoms with E-state index in [1.54, 1.807) is 0 Å². The first-order valence-electron chi connectivity index (χ1n) is 7.31. The van der Waals surface area contributed by atoms with Gasteiger partial charge in [0.25, 0.3) is 0 Å². The zero-order valence-corrected chi connectivity index (χ0v) is 14.1. The Kier molecular flexibility index (Phi) is 4.92. The van der Waals surface area contributed by atoms with E-state index in [-0.39, 0.29) is 12.0 Å². The summed E-state index contributed by atoms with van der Waals surface area (Å²) in [4.78, 5) is 11.3. The van der Waals surface area contributed by atoms with Crippen LogP contribution in [0.2, 0.25) is 0 Å². The van der Waals surface area contributed by atoms with E-state index in [4.69, 9.17) is 10.5 Å². The van der Waals surface area contributed by atoms with Crippen LogP contribution in [0.15, 0.2) is 18.2 Å². The lowest BCUT2D eigenvalue weighted by Crippen LogP contribution is -2.54.